The van der Waals surface area contributed by atoms with Gasteiger partial charge >= 0.3 is 0 Å². The zero-order chi connectivity index (χ0) is 14.1. The van der Waals surface area contributed by atoms with Gasteiger partial charge in [-0.15, -0.1) is 11.3 Å². The van der Waals surface area contributed by atoms with E-state index in [9.17, 15) is 0 Å². The fourth-order valence-electron chi connectivity index (χ4n) is 3.36. The number of fused-ring (bicyclic) bond motifs is 1. The first-order valence-electron chi connectivity index (χ1n) is 7.88. The van der Waals surface area contributed by atoms with Gasteiger partial charge in [0.2, 0.25) is 0 Å². The summed E-state index contributed by atoms with van der Waals surface area (Å²) in [5.74, 6) is 0. The van der Waals surface area contributed by atoms with Gasteiger partial charge in [-0.25, -0.2) is 0 Å². The summed E-state index contributed by atoms with van der Waals surface area (Å²) in [4.78, 5) is 5.45. The van der Waals surface area contributed by atoms with Crippen LogP contribution in [0.1, 0.15) is 39.8 Å². The lowest BCUT2D eigenvalue weighted by atomic mass is 10.00. The second-order valence-corrected chi connectivity index (χ2v) is 7.24. The van der Waals surface area contributed by atoms with Crippen molar-refractivity contribution in [2.75, 3.05) is 13.2 Å². The van der Waals surface area contributed by atoms with E-state index in [1.165, 1.54) is 46.7 Å². The van der Waals surface area contributed by atoms with E-state index in [1.54, 1.807) is 0 Å². The normalized spacial score (nSPS) is 22.4. The summed E-state index contributed by atoms with van der Waals surface area (Å²) >= 11 is 1.94. The number of hydrogen-bond acceptors (Lipinski definition) is 3. The van der Waals surface area contributed by atoms with Gasteiger partial charge in [0.15, 0.2) is 0 Å². The standard InChI is InChI=1S/C18H21NOS/c1-2-5-15-12-19(10-9-14(15)4-1)13-16-7-8-18(21-16)17-6-3-11-20-17/h1-2,4-5,7-8,17H,3,6,9-13H2. The number of thiophene rings is 1. The van der Waals surface area contributed by atoms with Crippen molar-refractivity contribution >= 4 is 11.3 Å². The Morgan fingerprint density at radius 3 is 2.90 bits per heavy atom. The van der Waals surface area contributed by atoms with Crippen molar-refractivity contribution in [1.29, 1.82) is 0 Å². The molecular formula is C18H21NOS. The molecule has 0 N–H and O–H groups in total. The Morgan fingerprint density at radius 2 is 2.05 bits per heavy atom. The SMILES string of the molecule is c1ccc2c(c1)CCN(Cc1ccc(C3CCCO3)s1)C2. The Bertz CT molecular complexity index is 615. The quantitative estimate of drug-likeness (QED) is 0.844. The molecule has 0 spiro atoms. The van der Waals surface area contributed by atoms with E-state index in [4.69, 9.17) is 4.74 Å². The molecule has 4 rings (SSSR count). The molecule has 21 heavy (non-hydrogen) atoms. The van der Waals surface area contributed by atoms with E-state index >= 15 is 0 Å². The Morgan fingerprint density at radius 1 is 1.14 bits per heavy atom. The van der Waals surface area contributed by atoms with Crippen LogP contribution in [-0.4, -0.2) is 18.1 Å². The second-order valence-electron chi connectivity index (χ2n) is 6.04. The summed E-state index contributed by atoms with van der Waals surface area (Å²) in [5.41, 5.74) is 3.03. The molecule has 110 valence electrons. The molecule has 0 aliphatic carbocycles. The predicted molar refractivity (Wildman–Crippen MR) is 86.5 cm³/mol. The predicted octanol–water partition coefficient (Wildman–Crippen LogP) is 4.16. The van der Waals surface area contributed by atoms with E-state index in [1.807, 2.05) is 11.3 Å². The van der Waals surface area contributed by atoms with Crippen LogP contribution in [-0.2, 0) is 24.2 Å². The molecule has 2 nitrogen and oxygen atoms in total. The molecule has 2 aromatic rings. The average Bonchev–Trinajstić information content (AvgIpc) is 3.18. The molecule has 1 unspecified atom stereocenters. The van der Waals surface area contributed by atoms with Gasteiger partial charge in [-0.05, 0) is 42.5 Å². The Balaban J connectivity index is 1.43. The molecule has 0 amide bonds. The Hall–Kier alpha value is -1.16. The molecule has 0 saturated carbocycles. The van der Waals surface area contributed by atoms with Gasteiger partial charge in [0, 0.05) is 36.0 Å². The van der Waals surface area contributed by atoms with Crippen LogP contribution in [0.4, 0.5) is 0 Å². The topological polar surface area (TPSA) is 12.5 Å². The van der Waals surface area contributed by atoms with Crippen molar-refractivity contribution in [2.45, 2.75) is 38.5 Å². The van der Waals surface area contributed by atoms with Gasteiger partial charge < -0.3 is 4.74 Å². The van der Waals surface area contributed by atoms with Crippen LogP contribution in [0.15, 0.2) is 36.4 Å². The molecule has 2 aliphatic heterocycles. The zero-order valence-corrected chi connectivity index (χ0v) is 13.1. The first kappa shape index (κ1) is 13.5. The van der Waals surface area contributed by atoms with Crippen molar-refractivity contribution in [3.8, 4) is 0 Å². The summed E-state index contributed by atoms with van der Waals surface area (Å²) in [5, 5.41) is 0. The fraction of sp³-hybridized carbons (Fsp3) is 0.444. The molecular weight excluding hydrogens is 278 g/mol. The highest BCUT2D eigenvalue weighted by atomic mass is 32.1. The first-order valence-corrected chi connectivity index (χ1v) is 8.69. The van der Waals surface area contributed by atoms with Crippen LogP contribution in [0.3, 0.4) is 0 Å². The van der Waals surface area contributed by atoms with Crippen LogP contribution >= 0.6 is 11.3 Å². The summed E-state index contributed by atoms with van der Waals surface area (Å²) in [7, 11) is 0. The van der Waals surface area contributed by atoms with Crippen molar-refractivity contribution in [3.05, 3.63) is 57.3 Å². The Labute approximate surface area is 130 Å². The number of rotatable bonds is 3. The minimum absolute atomic E-state index is 0.367. The molecule has 1 saturated heterocycles. The lowest BCUT2D eigenvalue weighted by Crippen LogP contribution is -2.29. The number of hydrogen-bond donors (Lipinski definition) is 0. The van der Waals surface area contributed by atoms with Crippen LogP contribution in [0.25, 0.3) is 0 Å². The maximum Gasteiger partial charge on any atom is 0.0917 e. The summed E-state index contributed by atoms with van der Waals surface area (Å²) in [6, 6.07) is 13.4. The molecule has 1 fully saturated rings. The van der Waals surface area contributed by atoms with E-state index in [0.29, 0.717) is 6.10 Å². The van der Waals surface area contributed by atoms with Crippen LogP contribution in [0, 0.1) is 0 Å². The summed E-state index contributed by atoms with van der Waals surface area (Å²) in [6.45, 7) is 4.26. The van der Waals surface area contributed by atoms with Crippen molar-refractivity contribution in [1.82, 2.24) is 4.90 Å². The fourth-order valence-corrected chi connectivity index (χ4v) is 4.50. The zero-order valence-electron chi connectivity index (χ0n) is 12.3. The molecule has 1 atom stereocenters. The van der Waals surface area contributed by atoms with Gasteiger partial charge in [0.1, 0.15) is 0 Å². The second kappa shape index (κ2) is 5.91. The highest BCUT2D eigenvalue weighted by Crippen LogP contribution is 2.34. The van der Waals surface area contributed by atoms with Crippen molar-refractivity contribution in [2.24, 2.45) is 0 Å². The van der Waals surface area contributed by atoms with Gasteiger partial charge in [0.25, 0.3) is 0 Å². The lowest BCUT2D eigenvalue weighted by molar-refractivity contribution is 0.114. The smallest absolute Gasteiger partial charge is 0.0917 e. The number of nitrogens with zero attached hydrogens (tertiary/aromatic N) is 1. The lowest BCUT2D eigenvalue weighted by Gasteiger charge is -2.28. The van der Waals surface area contributed by atoms with Crippen molar-refractivity contribution < 1.29 is 4.74 Å². The van der Waals surface area contributed by atoms with Gasteiger partial charge in [-0.2, -0.15) is 0 Å². The molecule has 0 bridgehead atoms. The van der Waals surface area contributed by atoms with Crippen LogP contribution in [0.2, 0.25) is 0 Å². The molecule has 3 heterocycles. The van der Waals surface area contributed by atoms with E-state index in [-0.39, 0.29) is 0 Å². The Kier molecular flexibility index (Phi) is 3.80. The molecule has 1 aromatic carbocycles. The first-order chi connectivity index (χ1) is 10.4. The average molecular weight is 299 g/mol. The highest BCUT2D eigenvalue weighted by molar-refractivity contribution is 7.12. The van der Waals surface area contributed by atoms with Gasteiger partial charge in [-0.1, -0.05) is 24.3 Å². The maximum absolute atomic E-state index is 5.79. The largest absolute Gasteiger partial charge is 0.373 e. The summed E-state index contributed by atoms with van der Waals surface area (Å²) < 4.78 is 5.79. The molecule has 3 heteroatoms. The van der Waals surface area contributed by atoms with Crippen LogP contribution in [0.5, 0.6) is 0 Å². The van der Waals surface area contributed by atoms with Gasteiger partial charge in [0.05, 0.1) is 6.10 Å². The molecule has 0 radical (unpaired) electrons. The number of ether oxygens (including phenoxy) is 1. The monoisotopic (exact) mass is 299 g/mol. The third kappa shape index (κ3) is 2.91. The maximum atomic E-state index is 5.79. The molecule has 2 aliphatic rings. The van der Waals surface area contributed by atoms with Crippen LogP contribution < -0.4 is 0 Å². The molecule has 1 aromatic heterocycles. The van der Waals surface area contributed by atoms with Gasteiger partial charge in [-0.3, -0.25) is 4.90 Å². The highest BCUT2D eigenvalue weighted by Gasteiger charge is 2.21. The number of benzene rings is 1. The minimum atomic E-state index is 0.367. The van der Waals surface area contributed by atoms with Crippen molar-refractivity contribution in [3.63, 3.8) is 0 Å². The van der Waals surface area contributed by atoms with E-state index < -0.39 is 0 Å². The van der Waals surface area contributed by atoms with E-state index in [0.717, 1.165) is 19.7 Å². The third-order valence-corrected chi connectivity index (χ3v) is 5.68. The third-order valence-electron chi connectivity index (χ3n) is 4.52. The summed E-state index contributed by atoms with van der Waals surface area (Å²) in [6.07, 6.45) is 3.95. The van der Waals surface area contributed by atoms with E-state index in [2.05, 4.69) is 41.3 Å². The minimum Gasteiger partial charge on any atom is -0.373 e.